The van der Waals surface area contributed by atoms with Crippen molar-refractivity contribution in [2.24, 2.45) is 0 Å². The van der Waals surface area contributed by atoms with Crippen LogP contribution in [0.25, 0.3) is 0 Å². The summed E-state index contributed by atoms with van der Waals surface area (Å²) in [5.41, 5.74) is -0.520. The molecule has 1 N–H and O–H groups in total. The van der Waals surface area contributed by atoms with Gasteiger partial charge >= 0.3 is 0 Å². The zero-order valence-electron chi connectivity index (χ0n) is 8.56. The third-order valence-corrected chi connectivity index (χ3v) is 2.80. The van der Waals surface area contributed by atoms with Crippen LogP contribution in [-0.4, -0.2) is 25.2 Å². The Morgan fingerprint density at radius 3 is 2.46 bits per heavy atom. The first-order chi connectivity index (χ1) is 6.25. The molecule has 1 amide bonds. The number of carbonyl (C=O) groups excluding carboxylic acids is 1. The van der Waals surface area contributed by atoms with E-state index in [1.807, 2.05) is 6.92 Å². The summed E-state index contributed by atoms with van der Waals surface area (Å²) in [6.45, 7) is 2.62. The van der Waals surface area contributed by atoms with E-state index >= 15 is 0 Å². The summed E-state index contributed by atoms with van der Waals surface area (Å²) in [6.07, 6.45) is 5.17. The van der Waals surface area contributed by atoms with Gasteiger partial charge in [0.15, 0.2) is 0 Å². The third-order valence-electron chi connectivity index (χ3n) is 2.80. The maximum atomic E-state index is 11.7. The summed E-state index contributed by atoms with van der Waals surface area (Å²) in [5, 5.41) is 2.84. The molecule has 76 valence electrons. The fraction of sp³-hybridized carbons (Fsp3) is 0.900. The lowest BCUT2D eigenvalue weighted by Gasteiger charge is -2.34. The van der Waals surface area contributed by atoms with E-state index in [-0.39, 0.29) is 5.91 Å². The van der Waals surface area contributed by atoms with Gasteiger partial charge < -0.3 is 10.1 Å². The molecule has 3 heteroatoms. The highest BCUT2D eigenvalue weighted by Gasteiger charge is 2.38. The fourth-order valence-corrected chi connectivity index (χ4v) is 1.97. The van der Waals surface area contributed by atoms with Gasteiger partial charge in [-0.1, -0.05) is 19.3 Å². The van der Waals surface area contributed by atoms with Crippen LogP contribution in [0.2, 0.25) is 0 Å². The molecule has 13 heavy (non-hydrogen) atoms. The van der Waals surface area contributed by atoms with Crippen LogP contribution >= 0.6 is 0 Å². The highest BCUT2D eigenvalue weighted by Crippen LogP contribution is 2.31. The molecule has 0 aromatic heterocycles. The molecule has 0 unspecified atom stereocenters. The first-order valence-electron chi connectivity index (χ1n) is 5.08. The summed E-state index contributed by atoms with van der Waals surface area (Å²) < 4.78 is 5.38. The number of nitrogens with one attached hydrogen (secondary N) is 1. The van der Waals surface area contributed by atoms with Gasteiger partial charge in [-0.2, -0.15) is 0 Å². The predicted octanol–water partition coefficient (Wildman–Crippen LogP) is 1.47. The molecule has 0 spiro atoms. The minimum atomic E-state index is -0.520. The van der Waals surface area contributed by atoms with Gasteiger partial charge in [-0.15, -0.1) is 0 Å². The summed E-state index contributed by atoms with van der Waals surface area (Å²) in [5.74, 6) is 0.0669. The van der Waals surface area contributed by atoms with Crippen molar-refractivity contribution < 1.29 is 9.53 Å². The normalized spacial score (nSPS) is 21.1. The number of likely N-dealkylation sites (N-methyl/N-ethyl adjacent to an activating group) is 1. The third kappa shape index (κ3) is 2.21. The first-order valence-corrected chi connectivity index (χ1v) is 5.08. The standard InChI is InChI=1S/C10H19NO2/c1-3-11-9(12)10(13-2)7-5-4-6-8-10/h3-8H2,1-2H3,(H,11,12). The van der Waals surface area contributed by atoms with Crippen LogP contribution in [0.1, 0.15) is 39.0 Å². The quantitative estimate of drug-likeness (QED) is 0.723. The van der Waals surface area contributed by atoms with E-state index in [0.29, 0.717) is 6.54 Å². The Morgan fingerprint density at radius 2 is 2.00 bits per heavy atom. The van der Waals surface area contributed by atoms with Crippen LogP contribution in [0.5, 0.6) is 0 Å². The molecule has 1 saturated carbocycles. The van der Waals surface area contributed by atoms with Gasteiger partial charge in [-0.3, -0.25) is 4.79 Å². The van der Waals surface area contributed by atoms with E-state index < -0.39 is 5.60 Å². The second kappa shape index (κ2) is 4.61. The maximum absolute atomic E-state index is 11.7. The Morgan fingerprint density at radius 1 is 1.38 bits per heavy atom. The van der Waals surface area contributed by atoms with Gasteiger partial charge in [-0.25, -0.2) is 0 Å². The lowest BCUT2D eigenvalue weighted by Crippen LogP contribution is -2.49. The summed E-state index contributed by atoms with van der Waals surface area (Å²) in [6, 6.07) is 0. The second-order valence-corrected chi connectivity index (χ2v) is 3.62. The van der Waals surface area contributed by atoms with Gasteiger partial charge in [0, 0.05) is 13.7 Å². The topological polar surface area (TPSA) is 38.3 Å². The zero-order chi connectivity index (χ0) is 9.73. The Kier molecular flexibility index (Phi) is 3.72. The van der Waals surface area contributed by atoms with Crippen LogP contribution in [0.4, 0.5) is 0 Å². The van der Waals surface area contributed by atoms with Gasteiger partial charge in [-0.05, 0) is 19.8 Å². The smallest absolute Gasteiger partial charge is 0.252 e. The largest absolute Gasteiger partial charge is 0.368 e. The van der Waals surface area contributed by atoms with E-state index in [1.165, 1.54) is 6.42 Å². The summed E-state index contributed by atoms with van der Waals surface area (Å²) in [7, 11) is 1.64. The van der Waals surface area contributed by atoms with Gasteiger partial charge in [0.05, 0.1) is 0 Å². The number of hydrogen-bond donors (Lipinski definition) is 1. The number of hydrogen-bond acceptors (Lipinski definition) is 2. The Bertz CT molecular complexity index is 174. The second-order valence-electron chi connectivity index (χ2n) is 3.62. The van der Waals surface area contributed by atoms with E-state index in [9.17, 15) is 4.79 Å². The Hall–Kier alpha value is -0.570. The zero-order valence-corrected chi connectivity index (χ0v) is 8.56. The molecular weight excluding hydrogens is 166 g/mol. The lowest BCUT2D eigenvalue weighted by molar-refractivity contribution is -0.147. The molecule has 1 aliphatic rings. The number of amides is 1. The average Bonchev–Trinajstić information content (AvgIpc) is 2.19. The number of carbonyl (C=O) groups is 1. The van der Waals surface area contributed by atoms with Gasteiger partial charge in [0.25, 0.3) is 5.91 Å². The maximum Gasteiger partial charge on any atom is 0.252 e. The van der Waals surface area contributed by atoms with Crippen LogP contribution in [0, 0.1) is 0 Å². The molecule has 0 heterocycles. The minimum absolute atomic E-state index is 0.0669. The van der Waals surface area contributed by atoms with Crippen LogP contribution < -0.4 is 5.32 Å². The highest BCUT2D eigenvalue weighted by atomic mass is 16.5. The van der Waals surface area contributed by atoms with Gasteiger partial charge in [0.1, 0.15) is 5.60 Å². The molecule has 0 atom stereocenters. The molecule has 1 rings (SSSR count). The number of ether oxygens (including phenoxy) is 1. The molecule has 3 nitrogen and oxygen atoms in total. The molecule has 0 aromatic carbocycles. The van der Waals surface area contributed by atoms with Crippen molar-refractivity contribution in [3.8, 4) is 0 Å². The summed E-state index contributed by atoms with van der Waals surface area (Å²) in [4.78, 5) is 11.7. The van der Waals surface area contributed by atoms with Crippen LogP contribution in [-0.2, 0) is 9.53 Å². The van der Waals surface area contributed by atoms with E-state index in [2.05, 4.69) is 5.32 Å². The van der Waals surface area contributed by atoms with Crippen molar-refractivity contribution in [1.82, 2.24) is 5.32 Å². The molecule has 0 aliphatic heterocycles. The van der Waals surface area contributed by atoms with E-state index in [4.69, 9.17) is 4.74 Å². The van der Waals surface area contributed by atoms with Gasteiger partial charge in [0.2, 0.25) is 0 Å². The van der Waals surface area contributed by atoms with Crippen molar-refractivity contribution in [2.75, 3.05) is 13.7 Å². The predicted molar refractivity (Wildman–Crippen MR) is 51.5 cm³/mol. The van der Waals surface area contributed by atoms with Crippen LogP contribution in [0.3, 0.4) is 0 Å². The molecule has 1 aliphatic carbocycles. The van der Waals surface area contributed by atoms with Crippen molar-refractivity contribution >= 4 is 5.91 Å². The highest BCUT2D eigenvalue weighted by molar-refractivity contribution is 5.85. The van der Waals surface area contributed by atoms with Crippen LogP contribution in [0.15, 0.2) is 0 Å². The number of methoxy groups -OCH3 is 1. The van der Waals surface area contributed by atoms with Crippen molar-refractivity contribution in [3.05, 3.63) is 0 Å². The Balaban J connectivity index is 2.61. The minimum Gasteiger partial charge on any atom is -0.368 e. The molecular formula is C10H19NO2. The van der Waals surface area contributed by atoms with Crippen molar-refractivity contribution in [3.63, 3.8) is 0 Å². The molecule has 1 fully saturated rings. The van der Waals surface area contributed by atoms with Crippen molar-refractivity contribution in [1.29, 1.82) is 0 Å². The van der Waals surface area contributed by atoms with E-state index in [0.717, 1.165) is 25.7 Å². The lowest BCUT2D eigenvalue weighted by atomic mass is 9.84. The first kappa shape index (κ1) is 10.5. The van der Waals surface area contributed by atoms with E-state index in [1.54, 1.807) is 7.11 Å². The monoisotopic (exact) mass is 185 g/mol. The molecule has 0 saturated heterocycles. The SMILES string of the molecule is CCNC(=O)C1(OC)CCCCC1. The Labute approximate surface area is 79.8 Å². The summed E-state index contributed by atoms with van der Waals surface area (Å²) >= 11 is 0. The molecule has 0 radical (unpaired) electrons. The van der Waals surface area contributed by atoms with Crippen molar-refractivity contribution in [2.45, 2.75) is 44.6 Å². The molecule has 0 bridgehead atoms. The molecule has 0 aromatic rings. The number of rotatable bonds is 3. The fourth-order valence-electron chi connectivity index (χ4n) is 1.97. The average molecular weight is 185 g/mol.